The van der Waals surface area contributed by atoms with Crippen LogP contribution in [0.5, 0.6) is 0 Å². The predicted octanol–water partition coefficient (Wildman–Crippen LogP) is 1.68. The molecule has 2 N–H and O–H groups in total. The Labute approximate surface area is 95.6 Å². The first-order chi connectivity index (χ1) is 7.70. The van der Waals surface area contributed by atoms with E-state index in [2.05, 4.69) is 0 Å². The average Bonchev–Trinajstić information content (AvgIpc) is 2.28. The van der Waals surface area contributed by atoms with E-state index >= 15 is 0 Å². The number of hydrogen-bond acceptors (Lipinski definition) is 3. The van der Waals surface area contributed by atoms with Crippen molar-refractivity contribution in [3.05, 3.63) is 34.9 Å². The van der Waals surface area contributed by atoms with E-state index in [0.717, 1.165) is 19.3 Å². The highest BCUT2D eigenvalue weighted by atomic mass is 16.5. The summed E-state index contributed by atoms with van der Waals surface area (Å²) < 4.78 is 4.98. The molecule has 0 aromatic heterocycles. The van der Waals surface area contributed by atoms with Gasteiger partial charge in [-0.15, -0.1) is 0 Å². The zero-order valence-electron chi connectivity index (χ0n) is 9.53. The van der Waals surface area contributed by atoms with Crippen molar-refractivity contribution in [3.63, 3.8) is 0 Å². The lowest BCUT2D eigenvalue weighted by atomic mass is 9.88. The van der Waals surface area contributed by atoms with Crippen LogP contribution in [0, 0.1) is 0 Å². The van der Waals surface area contributed by atoms with Gasteiger partial charge in [0.25, 0.3) is 0 Å². The summed E-state index contributed by atoms with van der Waals surface area (Å²) in [4.78, 5) is 11.6. The van der Waals surface area contributed by atoms with Gasteiger partial charge in [-0.3, -0.25) is 0 Å². The smallest absolute Gasteiger partial charge is 0.338 e. The van der Waals surface area contributed by atoms with Crippen LogP contribution in [0.25, 0.3) is 0 Å². The highest BCUT2D eigenvalue weighted by Gasteiger charge is 2.17. The molecule has 1 aliphatic carbocycles. The zero-order valence-corrected chi connectivity index (χ0v) is 9.53. The summed E-state index contributed by atoms with van der Waals surface area (Å²) in [6.45, 7) is 2.22. The molecule has 0 saturated heterocycles. The maximum Gasteiger partial charge on any atom is 0.338 e. The van der Waals surface area contributed by atoms with Crippen molar-refractivity contribution in [2.45, 2.75) is 32.2 Å². The summed E-state index contributed by atoms with van der Waals surface area (Å²) in [5.74, 6) is -0.246. The second-order valence-electron chi connectivity index (χ2n) is 4.21. The first-order valence-electron chi connectivity index (χ1n) is 5.75. The fraction of sp³-hybridized carbons (Fsp3) is 0.462. The van der Waals surface area contributed by atoms with Gasteiger partial charge in [-0.1, -0.05) is 6.07 Å². The van der Waals surface area contributed by atoms with Crippen molar-refractivity contribution in [3.8, 4) is 0 Å². The van der Waals surface area contributed by atoms with Gasteiger partial charge in [0.1, 0.15) is 0 Å². The number of nitrogens with two attached hydrogens (primary N) is 1. The molecule has 0 bridgehead atoms. The molecule has 1 aromatic carbocycles. The molecular formula is C13H17NO2. The van der Waals surface area contributed by atoms with E-state index in [1.54, 1.807) is 0 Å². The van der Waals surface area contributed by atoms with Gasteiger partial charge in [0, 0.05) is 6.04 Å². The van der Waals surface area contributed by atoms with Gasteiger partial charge in [-0.05, 0) is 49.4 Å². The van der Waals surface area contributed by atoms with Crippen LogP contribution in [-0.4, -0.2) is 18.6 Å². The van der Waals surface area contributed by atoms with Crippen molar-refractivity contribution in [1.29, 1.82) is 0 Å². The van der Waals surface area contributed by atoms with Crippen LogP contribution in [-0.2, 0) is 17.6 Å². The Morgan fingerprint density at radius 1 is 1.50 bits per heavy atom. The van der Waals surface area contributed by atoms with Crippen LogP contribution in [0.15, 0.2) is 18.2 Å². The standard InChI is InChI=1S/C13H17NO2/c1-2-16-13(15)10-4-3-9-5-6-12(14)8-11(9)7-10/h3-4,7,12H,2,5-6,8,14H2,1H3/t12-/m1/s1. The molecule has 1 aromatic rings. The normalized spacial score (nSPS) is 19.0. The zero-order chi connectivity index (χ0) is 11.5. The van der Waals surface area contributed by atoms with Gasteiger partial charge < -0.3 is 10.5 Å². The molecule has 2 rings (SSSR count). The van der Waals surface area contributed by atoms with Gasteiger partial charge in [-0.25, -0.2) is 4.79 Å². The number of carbonyl (C=O) groups excluding carboxylic acids is 1. The molecule has 1 aliphatic rings. The van der Waals surface area contributed by atoms with Crippen molar-refractivity contribution >= 4 is 5.97 Å². The van der Waals surface area contributed by atoms with E-state index < -0.39 is 0 Å². The Hall–Kier alpha value is -1.35. The quantitative estimate of drug-likeness (QED) is 0.770. The van der Waals surface area contributed by atoms with Crippen LogP contribution < -0.4 is 5.73 Å². The minimum absolute atomic E-state index is 0.227. The number of hydrogen-bond donors (Lipinski definition) is 1. The molecule has 0 fully saturated rings. The molecule has 3 nitrogen and oxygen atoms in total. The fourth-order valence-electron chi connectivity index (χ4n) is 2.13. The fourth-order valence-corrected chi connectivity index (χ4v) is 2.13. The van der Waals surface area contributed by atoms with Crippen molar-refractivity contribution in [1.82, 2.24) is 0 Å². The Morgan fingerprint density at radius 3 is 3.06 bits per heavy atom. The Morgan fingerprint density at radius 2 is 2.31 bits per heavy atom. The first kappa shape index (κ1) is 11.1. The number of esters is 1. The molecule has 0 radical (unpaired) electrons. The van der Waals surface area contributed by atoms with Gasteiger partial charge in [-0.2, -0.15) is 0 Å². The van der Waals surface area contributed by atoms with Crippen LogP contribution in [0.1, 0.15) is 34.8 Å². The van der Waals surface area contributed by atoms with Crippen LogP contribution >= 0.6 is 0 Å². The molecule has 86 valence electrons. The van der Waals surface area contributed by atoms with Crippen LogP contribution in [0.3, 0.4) is 0 Å². The second kappa shape index (κ2) is 4.66. The predicted molar refractivity (Wildman–Crippen MR) is 62.4 cm³/mol. The monoisotopic (exact) mass is 219 g/mol. The van der Waals surface area contributed by atoms with Crippen LogP contribution in [0.2, 0.25) is 0 Å². The molecule has 0 aliphatic heterocycles. The third-order valence-electron chi connectivity index (χ3n) is 2.98. The number of carbonyl (C=O) groups is 1. The lowest BCUT2D eigenvalue weighted by Crippen LogP contribution is -2.28. The van der Waals surface area contributed by atoms with Gasteiger partial charge in [0.05, 0.1) is 12.2 Å². The summed E-state index contributed by atoms with van der Waals surface area (Å²) in [6, 6.07) is 6.01. The Balaban J connectivity index is 2.24. The maximum atomic E-state index is 11.6. The van der Waals surface area contributed by atoms with E-state index in [4.69, 9.17) is 10.5 Å². The van der Waals surface area contributed by atoms with E-state index in [0.29, 0.717) is 12.2 Å². The van der Waals surface area contributed by atoms with E-state index in [1.807, 2.05) is 25.1 Å². The van der Waals surface area contributed by atoms with Gasteiger partial charge in [0.15, 0.2) is 0 Å². The number of aryl methyl sites for hydroxylation is 1. The third-order valence-corrected chi connectivity index (χ3v) is 2.98. The number of rotatable bonds is 2. The molecule has 3 heteroatoms. The molecule has 0 unspecified atom stereocenters. The summed E-state index contributed by atoms with van der Waals surface area (Å²) in [7, 11) is 0. The number of fused-ring (bicyclic) bond motifs is 1. The van der Waals surface area contributed by atoms with E-state index in [-0.39, 0.29) is 12.0 Å². The minimum atomic E-state index is -0.246. The topological polar surface area (TPSA) is 52.3 Å². The summed E-state index contributed by atoms with van der Waals surface area (Å²) >= 11 is 0. The molecule has 0 spiro atoms. The SMILES string of the molecule is CCOC(=O)c1ccc2c(c1)C[C@H](N)CC2. The second-order valence-corrected chi connectivity index (χ2v) is 4.21. The third kappa shape index (κ3) is 2.25. The van der Waals surface area contributed by atoms with E-state index in [1.165, 1.54) is 11.1 Å². The highest BCUT2D eigenvalue weighted by Crippen LogP contribution is 2.22. The minimum Gasteiger partial charge on any atom is -0.462 e. The highest BCUT2D eigenvalue weighted by molar-refractivity contribution is 5.89. The first-order valence-corrected chi connectivity index (χ1v) is 5.75. The summed E-state index contributed by atoms with van der Waals surface area (Å²) in [5.41, 5.74) is 9.07. The lowest BCUT2D eigenvalue weighted by molar-refractivity contribution is 0.0526. The largest absolute Gasteiger partial charge is 0.462 e. The number of benzene rings is 1. The molecule has 0 saturated carbocycles. The molecule has 0 heterocycles. The van der Waals surface area contributed by atoms with E-state index in [9.17, 15) is 4.79 Å². The summed E-state index contributed by atoms with van der Waals surface area (Å²) in [6.07, 6.45) is 2.91. The Kier molecular flexibility index (Phi) is 3.25. The van der Waals surface area contributed by atoms with Gasteiger partial charge in [0.2, 0.25) is 0 Å². The Bertz CT molecular complexity index is 401. The van der Waals surface area contributed by atoms with Crippen molar-refractivity contribution < 1.29 is 9.53 Å². The molecule has 1 atom stereocenters. The van der Waals surface area contributed by atoms with Gasteiger partial charge >= 0.3 is 5.97 Å². The van der Waals surface area contributed by atoms with Crippen molar-refractivity contribution in [2.75, 3.05) is 6.61 Å². The molecule has 0 amide bonds. The maximum absolute atomic E-state index is 11.6. The molecular weight excluding hydrogens is 202 g/mol. The lowest BCUT2D eigenvalue weighted by Gasteiger charge is -2.21. The van der Waals surface area contributed by atoms with Crippen LogP contribution in [0.4, 0.5) is 0 Å². The summed E-state index contributed by atoms with van der Waals surface area (Å²) in [5, 5.41) is 0. The van der Waals surface area contributed by atoms with Crippen molar-refractivity contribution in [2.24, 2.45) is 5.73 Å². The molecule has 16 heavy (non-hydrogen) atoms. The average molecular weight is 219 g/mol. The number of ether oxygens (including phenoxy) is 1.